The maximum Gasteiger partial charge on any atom is 0.191 e. The van der Waals surface area contributed by atoms with Crippen molar-refractivity contribution in [3.63, 3.8) is 0 Å². The molecule has 144 valence electrons. The molecule has 6 nitrogen and oxygen atoms in total. The highest BCUT2D eigenvalue weighted by Gasteiger charge is 2.15. The van der Waals surface area contributed by atoms with Crippen molar-refractivity contribution < 1.29 is 0 Å². The quantitative estimate of drug-likeness (QED) is 0.343. The van der Waals surface area contributed by atoms with Gasteiger partial charge in [-0.2, -0.15) is 0 Å². The van der Waals surface area contributed by atoms with Gasteiger partial charge in [-0.1, -0.05) is 6.92 Å². The zero-order valence-corrected chi connectivity index (χ0v) is 19.3. The first kappa shape index (κ1) is 21.4. The number of aryl methyl sites for hydroxylation is 1. The summed E-state index contributed by atoms with van der Waals surface area (Å²) in [4.78, 5) is 17.2. The van der Waals surface area contributed by atoms with E-state index in [9.17, 15) is 0 Å². The van der Waals surface area contributed by atoms with E-state index in [-0.39, 0.29) is 24.0 Å². The van der Waals surface area contributed by atoms with Gasteiger partial charge < -0.3 is 15.5 Å². The summed E-state index contributed by atoms with van der Waals surface area (Å²) < 4.78 is 0. The van der Waals surface area contributed by atoms with Gasteiger partial charge in [-0.3, -0.25) is 4.99 Å². The molecule has 2 aromatic heterocycles. The Bertz CT molecular complexity index is 693. The highest BCUT2D eigenvalue weighted by atomic mass is 127. The van der Waals surface area contributed by atoms with Crippen LogP contribution in [-0.4, -0.2) is 42.6 Å². The van der Waals surface area contributed by atoms with Crippen LogP contribution < -0.4 is 15.5 Å². The molecule has 1 aliphatic rings. The van der Waals surface area contributed by atoms with Gasteiger partial charge in [0.15, 0.2) is 11.1 Å². The molecule has 0 spiro atoms. The van der Waals surface area contributed by atoms with Gasteiger partial charge in [0.1, 0.15) is 5.01 Å². The predicted octanol–water partition coefficient (Wildman–Crippen LogP) is 3.29. The van der Waals surface area contributed by atoms with Crippen molar-refractivity contribution >= 4 is 57.7 Å². The number of rotatable bonds is 7. The fourth-order valence-electron chi connectivity index (χ4n) is 2.75. The summed E-state index contributed by atoms with van der Waals surface area (Å²) in [5.74, 6) is 0.809. The Labute approximate surface area is 180 Å². The lowest BCUT2D eigenvalue weighted by Gasteiger charge is -2.12. The molecule has 0 aliphatic carbocycles. The van der Waals surface area contributed by atoms with Crippen LogP contribution in [0.25, 0.3) is 0 Å². The zero-order chi connectivity index (χ0) is 17.5. The lowest BCUT2D eigenvalue weighted by atomic mass is 10.3. The molecule has 1 aliphatic heterocycles. The summed E-state index contributed by atoms with van der Waals surface area (Å²) in [7, 11) is 1.79. The van der Waals surface area contributed by atoms with Gasteiger partial charge >= 0.3 is 0 Å². The third-order valence-electron chi connectivity index (χ3n) is 4.17. The van der Waals surface area contributed by atoms with Crippen LogP contribution in [0.15, 0.2) is 16.6 Å². The number of hydrogen-bond donors (Lipinski definition) is 2. The van der Waals surface area contributed by atoms with E-state index in [1.165, 1.54) is 22.9 Å². The van der Waals surface area contributed by atoms with Gasteiger partial charge in [0, 0.05) is 49.6 Å². The van der Waals surface area contributed by atoms with Crippen molar-refractivity contribution in [1.82, 2.24) is 20.6 Å². The van der Waals surface area contributed by atoms with E-state index < -0.39 is 0 Å². The highest BCUT2D eigenvalue weighted by Crippen LogP contribution is 2.24. The summed E-state index contributed by atoms with van der Waals surface area (Å²) in [5.41, 5.74) is 1.15. The van der Waals surface area contributed by atoms with E-state index in [1.807, 2.05) is 6.20 Å². The molecule has 1 fully saturated rings. The van der Waals surface area contributed by atoms with Crippen molar-refractivity contribution in [2.75, 3.05) is 31.6 Å². The van der Waals surface area contributed by atoms with Crippen LogP contribution in [-0.2, 0) is 19.4 Å². The first-order valence-electron chi connectivity index (χ1n) is 8.86. The number of aromatic nitrogens is 2. The number of nitrogens with one attached hydrogen (secondary N) is 2. The highest BCUT2D eigenvalue weighted by molar-refractivity contribution is 14.0. The van der Waals surface area contributed by atoms with Crippen LogP contribution in [0.1, 0.15) is 35.3 Å². The van der Waals surface area contributed by atoms with E-state index in [0.717, 1.165) is 49.1 Å². The Morgan fingerprint density at radius 2 is 2.12 bits per heavy atom. The first-order valence-corrected chi connectivity index (χ1v) is 10.6. The fourth-order valence-corrected chi connectivity index (χ4v) is 4.46. The van der Waals surface area contributed by atoms with Gasteiger partial charge in [0.25, 0.3) is 0 Å². The number of guanidine groups is 1. The van der Waals surface area contributed by atoms with Crippen LogP contribution in [0.3, 0.4) is 0 Å². The van der Waals surface area contributed by atoms with Gasteiger partial charge in [-0.15, -0.1) is 46.7 Å². The van der Waals surface area contributed by atoms with Crippen molar-refractivity contribution in [2.45, 2.75) is 39.2 Å². The molecule has 2 N–H and O–H groups in total. The Balaban J connectivity index is 0.00000243. The lowest BCUT2D eigenvalue weighted by Crippen LogP contribution is -2.37. The minimum atomic E-state index is 0. The monoisotopic (exact) mass is 506 g/mol. The Kier molecular flexibility index (Phi) is 9.06. The Hall–Kier alpha value is -0.940. The third-order valence-corrected chi connectivity index (χ3v) is 6.26. The number of nitrogens with zero attached hydrogens (tertiary/aromatic N) is 4. The summed E-state index contributed by atoms with van der Waals surface area (Å²) in [5, 5.41) is 11.1. The average Bonchev–Trinajstić information content (AvgIpc) is 3.39. The van der Waals surface area contributed by atoms with Gasteiger partial charge in [0.05, 0.1) is 12.2 Å². The molecule has 0 unspecified atom stereocenters. The Morgan fingerprint density at radius 3 is 2.81 bits per heavy atom. The smallest absolute Gasteiger partial charge is 0.191 e. The summed E-state index contributed by atoms with van der Waals surface area (Å²) in [6.07, 6.45) is 6.48. The molecule has 26 heavy (non-hydrogen) atoms. The maximum atomic E-state index is 4.76. The molecule has 0 radical (unpaired) electrons. The molecule has 3 heterocycles. The number of hydrogen-bond acceptors (Lipinski definition) is 6. The molecular formula is C17H27IN6S2. The van der Waals surface area contributed by atoms with E-state index in [2.05, 4.69) is 37.8 Å². The summed E-state index contributed by atoms with van der Waals surface area (Å²) in [6.45, 7) is 5.98. The standard InChI is InChI=1S/C17H26N6S2.HI/c1-3-14-10-20-15(25-14)11-21-16(18-2)19-7-6-13-12-24-17(22-13)23-8-4-5-9-23;/h10,12H,3-9,11H2,1-2H3,(H2,18,19,21);1H. The predicted molar refractivity (Wildman–Crippen MR) is 122 cm³/mol. The van der Waals surface area contributed by atoms with E-state index in [4.69, 9.17) is 4.98 Å². The SMILES string of the molecule is CCc1cnc(CNC(=NC)NCCc2csc(N3CCCC3)n2)s1.I. The minimum Gasteiger partial charge on any atom is -0.356 e. The lowest BCUT2D eigenvalue weighted by molar-refractivity contribution is 0.783. The fraction of sp³-hybridized carbons (Fsp3) is 0.588. The third kappa shape index (κ3) is 6.05. The first-order chi connectivity index (χ1) is 12.3. The van der Waals surface area contributed by atoms with Crippen molar-refractivity contribution in [2.24, 2.45) is 4.99 Å². The van der Waals surface area contributed by atoms with Crippen LogP contribution in [0, 0.1) is 0 Å². The normalized spacial score (nSPS) is 14.4. The van der Waals surface area contributed by atoms with Crippen LogP contribution in [0.4, 0.5) is 5.13 Å². The molecule has 3 rings (SSSR count). The van der Waals surface area contributed by atoms with E-state index in [0.29, 0.717) is 6.54 Å². The summed E-state index contributed by atoms with van der Waals surface area (Å²) >= 11 is 3.51. The number of aliphatic imine (C=N–C) groups is 1. The molecule has 0 saturated carbocycles. The van der Waals surface area contributed by atoms with E-state index >= 15 is 0 Å². The molecular weight excluding hydrogens is 479 g/mol. The van der Waals surface area contributed by atoms with Crippen molar-refractivity contribution in [3.05, 3.63) is 27.2 Å². The number of thiazole rings is 2. The molecule has 9 heteroatoms. The molecule has 0 bridgehead atoms. The Morgan fingerprint density at radius 1 is 1.31 bits per heavy atom. The zero-order valence-electron chi connectivity index (χ0n) is 15.3. The number of anilines is 1. The molecule has 0 atom stereocenters. The van der Waals surface area contributed by atoms with Crippen molar-refractivity contribution in [3.8, 4) is 0 Å². The van der Waals surface area contributed by atoms with Crippen LogP contribution in [0.2, 0.25) is 0 Å². The second kappa shape index (κ2) is 11.0. The molecule has 1 saturated heterocycles. The topological polar surface area (TPSA) is 65.4 Å². The summed E-state index contributed by atoms with van der Waals surface area (Å²) in [6, 6.07) is 0. The second-order valence-electron chi connectivity index (χ2n) is 5.99. The van der Waals surface area contributed by atoms with Crippen LogP contribution in [0.5, 0.6) is 0 Å². The van der Waals surface area contributed by atoms with Crippen molar-refractivity contribution in [1.29, 1.82) is 0 Å². The second-order valence-corrected chi connectivity index (χ2v) is 8.03. The maximum absolute atomic E-state index is 4.76. The molecule has 2 aromatic rings. The van der Waals surface area contributed by atoms with Gasteiger partial charge in [-0.05, 0) is 19.3 Å². The minimum absolute atomic E-state index is 0. The van der Waals surface area contributed by atoms with Gasteiger partial charge in [0.2, 0.25) is 0 Å². The largest absolute Gasteiger partial charge is 0.356 e. The average molecular weight is 506 g/mol. The molecule has 0 amide bonds. The van der Waals surface area contributed by atoms with E-state index in [1.54, 1.807) is 29.7 Å². The van der Waals surface area contributed by atoms with Crippen LogP contribution >= 0.6 is 46.7 Å². The number of halogens is 1. The van der Waals surface area contributed by atoms with Gasteiger partial charge in [-0.25, -0.2) is 9.97 Å². The molecule has 0 aromatic carbocycles.